The number of rotatable bonds is 2. The third-order valence-corrected chi connectivity index (χ3v) is 6.23. The number of nitrogens with zero attached hydrogens (tertiary/aromatic N) is 1. The van der Waals surface area contributed by atoms with Gasteiger partial charge in [-0.05, 0) is 30.5 Å². The number of halogens is 1. The zero-order valence-electron chi connectivity index (χ0n) is 12.6. The van der Waals surface area contributed by atoms with Crippen molar-refractivity contribution >= 4 is 27.5 Å². The summed E-state index contributed by atoms with van der Waals surface area (Å²) in [5, 5.41) is 3.44. The normalized spacial score (nSPS) is 22.8. The summed E-state index contributed by atoms with van der Waals surface area (Å²) >= 11 is 6.00. The number of carbonyl (C=O) groups excluding carboxylic acids is 1. The molecule has 1 N–H and O–H groups in total. The Morgan fingerprint density at radius 2 is 2.26 bits per heavy atom. The summed E-state index contributed by atoms with van der Waals surface area (Å²) in [6.07, 6.45) is 0.615. The van der Waals surface area contributed by atoms with E-state index in [1.54, 1.807) is 17.0 Å². The first kappa shape index (κ1) is 16.4. The lowest BCUT2D eigenvalue weighted by Gasteiger charge is -2.21. The summed E-state index contributed by atoms with van der Waals surface area (Å²) in [6, 6.07) is 5.16. The number of carbonyl (C=O) groups is 1. The molecule has 0 bridgehead atoms. The summed E-state index contributed by atoms with van der Waals surface area (Å²) in [4.78, 5) is 14.0. The molecule has 2 aliphatic heterocycles. The van der Waals surface area contributed by atoms with Crippen LogP contribution in [0.5, 0.6) is 5.75 Å². The van der Waals surface area contributed by atoms with E-state index in [0.29, 0.717) is 37.7 Å². The quantitative estimate of drug-likeness (QED) is 0.872. The van der Waals surface area contributed by atoms with E-state index in [4.69, 9.17) is 16.3 Å². The number of sulfone groups is 1. The summed E-state index contributed by atoms with van der Waals surface area (Å²) in [6.45, 7) is 1.70. The van der Waals surface area contributed by atoms with Crippen LogP contribution in [0.15, 0.2) is 18.2 Å². The van der Waals surface area contributed by atoms with E-state index in [0.717, 1.165) is 11.3 Å². The van der Waals surface area contributed by atoms with Gasteiger partial charge in [0.2, 0.25) is 0 Å². The van der Waals surface area contributed by atoms with E-state index in [-0.39, 0.29) is 23.5 Å². The molecule has 1 fully saturated rings. The molecule has 1 saturated heterocycles. The van der Waals surface area contributed by atoms with Gasteiger partial charge in [0.1, 0.15) is 12.4 Å². The monoisotopic (exact) mass is 358 g/mol. The maximum atomic E-state index is 12.3. The van der Waals surface area contributed by atoms with Crippen molar-refractivity contribution in [3.05, 3.63) is 28.8 Å². The molecular formula is C15H19ClN2O4S. The van der Waals surface area contributed by atoms with Crippen molar-refractivity contribution < 1.29 is 17.9 Å². The molecule has 1 unspecified atom stereocenters. The minimum atomic E-state index is -2.92. The van der Waals surface area contributed by atoms with E-state index < -0.39 is 9.84 Å². The fourth-order valence-corrected chi connectivity index (χ4v) is 4.97. The Bertz CT molecular complexity index is 707. The fourth-order valence-electron chi connectivity index (χ4n) is 2.91. The smallest absolute Gasteiger partial charge is 0.317 e. The summed E-state index contributed by atoms with van der Waals surface area (Å²) < 4.78 is 28.5. The van der Waals surface area contributed by atoms with Gasteiger partial charge in [0.25, 0.3) is 0 Å². The van der Waals surface area contributed by atoms with Crippen LogP contribution in [-0.2, 0) is 16.4 Å². The minimum absolute atomic E-state index is 0.00825. The van der Waals surface area contributed by atoms with Crippen LogP contribution in [0.2, 0.25) is 5.02 Å². The van der Waals surface area contributed by atoms with E-state index >= 15 is 0 Å². The van der Waals surface area contributed by atoms with E-state index in [1.165, 1.54) is 0 Å². The molecule has 2 amide bonds. The molecule has 126 valence electrons. The van der Waals surface area contributed by atoms with Crippen molar-refractivity contribution in [2.24, 2.45) is 5.92 Å². The number of hydrogen-bond acceptors (Lipinski definition) is 4. The Balaban J connectivity index is 1.59. The fraction of sp³-hybridized carbons (Fsp3) is 0.533. The highest BCUT2D eigenvalue weighted by Gasteiger charge is 2.28. The maximum absolute atomic E-state index is 12.3. The molecule has 0 saturated carbocycles. The molecular weight excluding hydrogens is 340 g/mol. The van der Waals surface area contributed by atoms with Gasteiger partial charge >= 0.3 is 6.03 Å². The Morgan fingerprint density at radius 3 is 3.00 bits per heavy atom. The zero-order valence-corrected chi connectivity index (χ0v) is 14.2. The Morgan fingerprint density at radius 1 is 1.43 bits per heavy atom. The van der Waals surface area contributed by atoms with E-state index in [9.17, 15) is 13.2 Å². The molecule has 6 nitrogen and oxygen atoms in total. The standard InChI is InChI=1S/C15H19ClN2O4S/c16-13-1-2-14-12(7-13)9-18(4-5-22-14)15(19)17-8-11-3-6-23(20,21)10-11/h1-2,7,11H,3-6,8-10H2,(H,17,19). The number of ether oxygens (including phenoxy) is 1. The number of fused-ring (bicyclic) bond motifs is 1. The molecule has 0 radical (unpaired) electrons. The van der Waals surface area contributed by atoms with Crippen LogP contribution in [0.3, 0.4) is 0 Å². The third kappa shape index (κ3) is 4.09. The molecule has 23 heavy (non-hydrogen) atoms. The molecule has 0 aliphatic carbocycles. The SMILES string of the molecule is O=C(NCC1CCS(=O)(=O)C1)N1CCOc2ccc(Cl)cc2C1. The first-order valence-corrected chi connectivity index (χ1v) is 9.77. The van der Waals surface area contributed by atoms with Crippen LogP contribution in [0.1, 0.15) is 12.0 Å². The second kappa shape index (κ2) is 6.57. The highest BCUT2D eigenvalue weighted by molar-refractivity contribution is 7.91. The molecule has 1 aromatic rings. The minimum Gasteiger partial charge on any atom is -0.491 e. The predicted octanol–water partition coefficient (Wildman–Crippen LogP) is 1.68. The molecule has 2 heterocycles. The lowest BCUT2D eigenvalue weighted by molar-refractivity contribution is 0.186. The molecule has 2 aliphatic rings. The van der Waals surface area contributed by atoms with Crippen LogP contribution in [0, 0.1) is 5.92 Å². The largest absolute Gasteiger partial charge is 0.491 e. The first-order chi connectivity index (χ1) is 10.9. The van der Waals surface area contributed by atoms with Crippen molar-refractivity contribution in [2.75, 3.05) is 31.2 Å². The molecule has 1 aromatic carbocycles. The second-order valence-electron chi connectivity index (χ2n) is 5.98. The van der Waals surface area contributed by atoms with Gasteiger partial charge in [-0.25, -0.2) is 13.2 Å². The predicted molar refractivity (Wildman–Crippen MR) is 87.5 cm³/mol. The van der Waals surface area contributed by atoms with Gasteiger partial charge in [-0.2, -0.15) is 0 Å². The maximum Gasteiger partial charge on any atom is 0.317 e. The van der Waals surface area contributed by atoms with Gasteiger partial charge in [-0.15, -0.1) is 0 Å². The van der Waals surface area contributed by atoms with E-state index in [2.05, 4.69) is 5.32 Å². The average Bonchev–Trinajstić information content (AvgIpc) is 2.71. The number of amides is 2. The zero-order chi connectivity index (χ0) is 16.4. The van der Waals surface area contributed by atoms with Crippen LogP contribution >= 0.6 is 11.6 Å². The van der Waals surface area contributed by atoms with Crippen molar-refractivity contribution in [3.8, 4) is 5.75 Å². The Labute approximate surface area is 140 Å². The number of hydrogen-bond donors (Lipinski definition) is 1. The molecule has 1 atom stereocenters. The van der Waals surface area contributed by atoms with Crippen LogP contribution < -0.4 is 10.1 Å². The molecule has 3 rings (SSSR count). The first-order valence-electron chi connectivity index (χ1n) is 7.57. The number of urea groups is 1. The van der Waals surface area contributed by atoms with Gasteiger partial charge in [-0.1, -0.05) is 11.6 Å². The topological polar surface area (TPSA) is 75.7 Å². The van der Waals surface area contributed by atoms with Gasteiger partial charge in [-0.3, -0.25) is 0 Å². The van der Waals surface area contributed by atoms with Crippen molar-refractivity contribution in [1.82, 2.24) is 10.2 Å². The average molecular weight is 359 g/mol. The van der Waals surface area contributed by atoms with Gasteiger partial charge in [0.05, 0.1) is 24.6 Å². The summed E-state index contributed by atoms with van der Waals surface area (Å²) in [7, 11) is -2.92. The summed E-state index contributed by atoms with van der Waals surface area (Å²) in [5.74, 6) is 1.13. The second-order valence-corrected chi connectivity index (χ2v) is 8.64. The van der Waals surface area contributed by atoms with Crippen molar-refractivity contribution in [1.29, 1.82) is 0 Å². The Kier molecular flexibility index (Phi) is 4.68. The molecule has 0 spiro atoms. The third-order valence-electron chi connectivity index (χ3n) is 4.16. The number of benzene rings is 1. The summed E-state index contributed by atoms with van der Waals surface area (Å²) in [5.41, 5.74) is 0.869. The highest BCUT2D eigenvalue weighted by Crippen LogP contribution is 2.26. The molecule has 0 aromatic heterocycles. The van der Waals surface area contributed by atoms with Crippen molar-refractivity contribution in [2.45, 2.75) is 13.0 Å². The van der Waals surface area contributed by atoms with Crippen LogP contribution in [-0.4, -0.2) is 50.6 Å². The van der Waals surface area contributed by atoms with Gasteiger partial charge < -0.3 is 15.0 Å². The lowest BCUT2D eigenvalue weighted by atomic mass is 10.1. The van der Waals surface area contributed by atoms with Crippen molar-refractivity contribution in [3.63, 3.8) is 0 Å². The number of nitrogens with one attached hydrogen (secondary N) is 1. The van der Waals surface area contributed by atoms with Gasteiger partial charge in [0.15, 0.2) is 9.84 Å². The van der Waals surface area contributed by atoms with Crippen LogP contribution in [0.4, 0.5) is 4.79 Å². The van der Waals surface area contributed by atoms with E-state index in [1.807, 2.05) is 6.07 Å². The highest BCUT2D eigenvalue weighted by atomic mass is 35.5. The molecule has 8 heteroatoms. The van der Waals surface area contributed by atoms with Crippen LogP contribution in [0.25, 0.3) is 0 Å². The lowest BCUT2D eigenvalue weighted by Crippen LogP contribution is -2.42. The Hall–Kier alpha value is -1.47. The van der Waals surface area contributed by atoms with Gasteiger partial charge in [0, 0.05) is 17.1 Å².